The van der Waals surface area contributed by atoms with E-state index in [0.29, 0.717) is 11.7 Å². The highest BCUT2D eigenvalue weighted by Gasteiger charge is 2.33. The van der Waals surface area contributed by atoms with Crippen LogP contribution in [-0.4, -0.2) is 41.0 Å². The first-order chi connectivity index (χ1) is 13.7. The number of rotatable bonds is 5. The molecular weight excluding hydrogens is 375 g/mol. The van der Waals surface area contributed by atoms with Crippen LogP contribution in [0.25, 0.3) is 0 Å². The first kappa shape index (κ1) is 19.0. The van der Waals surface area contributed by atoms with Gasteiger partial charge in [-0.3, -0.25) is 4.79 Å². The minimum absolute atomic E-state index is 0.0389. The number of hydrogen-bond acceptors (Lipinski definition) is 4. The molecule has 2 aliphatic heterocycles. The van der Waals surface area contributed by atoms with Crippen molar-refractivity contribution in [3.05, 3.63) is 66.0 Å². The quantitative estimate of drug-likeness (QED) is 0.754. The summed E-state index contributed by atoms with van der Waals surface area (Å²) in [4.78, 5) is 21.2. The fourth-order valence-corrected chi connectivity index (χ4v) is 4.72. The van der Waals surface area contributed by atoms with Crippen molar-refractivity contribution in [2.45, 2.75) is 41.9 Å². The van der Waals surface area contributed by atoms with Crippen LogP contribution >= 0.6 is 11.8 Å². The van der Waals surface area contributed by atoms with Gasteiger partial charge in [0.25, 0.3) is 5.91 Å². The highest BCUT2D eigenvalue weighted by Crippen LogP contribution is 2.31. The maximum absolute atomic E-state index is 13.0. The Bertz CT molecular complexity index is 833. The number of benzene rings is 2. The van der Waals surface area contributed by atoms with E-state index in [4.69, 9.17) is 4.84 Å². The topological polar surface area (TPSA) is 41.9 Å². The number of oxime groups is 1. The van der Waals surface area contributed by atoms with Gasteiger partial charge < -0.3 is 9.74 Å². The third-order valence-corrected chi connectivity index (χ3v) is 6.48. The Morgan fingerprint density at radius 1 is 1.11 bits per heavy atom. The van der Waals surface area contributed by atoms with Crippen LogP contribution in [-0.2, 0) is 16.1 Å². The molecule has 4 nitrogen and oxygen atoms in total. The van der Waals surface area contributed by atoms with Crippen LogP contribution in [0.1, 0.15) is 24.8 Å². The SMILES string of the molecule is O=C([C@H]1CC(Cc2ccccc2)=NO1)N1CCC(Sc2ccc(F)cc2)CC1. The van der Waals surface area contributed by atoms with Gasteiger partial charge in [0.1, 0.15) is 5.82 Å². The summed E-state index contributed by atoms with van der Waals surface area (Å²) in [7, 11) is 0. The molecule has 1 atom stereocenters. The van der Waals surface area contributed by atoms with Gasteiger partial charge in [-0.15, -0.1) is 11.8 Å². The second kappa shape index (κ2) is 8.78. The van der Waals surface area contributed by atoms with E-state index in [1.165, 1.54) is 17.7 Å². The number of halogens is 1. The van der Waals surface area contributed by atoms with Gasteiger partial charge in [0.2, 0.25) is 6.10 Å². The van der Waals surface area contributed by atoms with Gasteiger partial charge in [0.05, 0.1) is 5.71 Å². The van der Waals surface area contributed by atoms with Crippen LogP contribution in [0.2, 0.25) is 0 Å². The highest BCUT2D eigenvalue weighted by atomic mass is 32.2. The standard InChI is InChI=1S/C22H23FN2O2S/c23-17-6-8-19(9-7-17)28-20-10-12-25(13-11-20)22(26)21-15-18(24-27-21)14-16-4-2-1-3-5-16/h1-9,20-21H,10-15H2/t21-/m1/s1. The zero-order chi connectivity index (χ0) is 19.3. The van der Waals surface area contributed by atoms with Gasteiger partial charge in [0, 0.05) is 36.1 Å². The Morgan fingerprint density at radius 2 is 1.82 bits per heavy atom. The zero-order valence-electron chi connectivity index (χ0n) is 15.6. The molecule has 1 saturated heterocycles. The number of carbonyl (C=O) groups excluding carboxylic acids is 1. The molecule has 2 aromatic rings. The first-order valence-corrected chi connectivity index (χ1v) is 10.5. The molecule has 0 aliphatic carbocycles. The van der Waals surface area contributed by atoms with E-state index in [1.807, 2.05) is 35.2 Å². The maximum atomic E-state index is 13.0. The molecule has 6 heteroatoms. The molecule has 0 unspecified atom stereocenters. The Kier molecular flexibility index (Phi) is 5.95. The molecule has 28 heavy (non-hydrogen) atoms. The summed E-state index contributed by atoms with van der Waals surface area (Å²) < 4.78 is 13.0. The smallest absolute Gasteiger partial charge is 0.266 e. The summed E-state index contributed by atoms with van der Waals surface area (Å²) in [5.41, 5.74) is 2.10. The molecule has 0 N–H and O–H groups in total. The highest BCUT2D eigenvalue weighted by molar-refractivity contribution is 8.00. The summed E-state index contributed by atoms with van der Waals surface area (Å²) in [6.07, 6.45) is 2.66. The van der Waals surface area contributed by atoms with Crippen LogP contribution in [0.15, 0.2) is 64.6 Å². The summed E-state index contributed by atoms with van der Waals surface area (Å²) >= 11 is 1.76. The van der Waals surface area contributed by atoms with Crippen LogP contribution in [0.3, 0.4) is 0 Å². The van der Waals surface area contributed by atoms with Crippen LogP contribution in [0.5, 0.6) is 0 Å². The molecule has 0 bridgehead atoms. The number of likely N-dealkylation sites (tertiary alicyclic amines) is 1. The van der Waals surface area contributed by atoms with Crippen molar-refractivity contribution in [2.75, 3.05) is 13.1 Å². The Morgan fingerprint density at radius 3 is 2.54 bits per heavy atom. The lowest BCUT2D eigenvalue weighted by Crippen LogP contribution is -2.44. The largest absolute Gasteiger partial charge is 0.382 e. The average molecular weight is 399 g/mol. The maximum Gasteiger partial charge on any atom is 0.266 e. The van der Waals surface area contributed by atoms with Gasteiger partial charge in [0.15, 0.2) is 0 Å². The zero-order valence-corrected chi connectivity index (χ0v) is 16.4. The van der Waals surface area contributed by atoms with Gasteiger partial charge >= 0.3 is 0 Å². The molecule has 0 spiro atoms. The molecule has 0 radical (unpaired) electrons. The Balaban J connectivity index is 1.24. The minimum atomic E-state index is -0.486. The fourth-order valence-electron chi connectivity index (χ4n) is 3.60. The lowest BCUT2D eigenvalue weighted by molar-refractivity contribution is -0.142. The number of piperidine rings is 1. The number of amides is 1. The molecule has 0 aromatic heterocycles. The van der Waals surface area contributed by atoms with E-state index in [2.05, 4.69) is 17.3 Å². The fraction of sp³-hybridized carbons (Fsp3) is 0.364. The first-order valence-electron chi connectivity index (χ1n) is 9.64. The molecule has 4 rings (SSSR count). The molecule has 2 heterocycles. The van der Waals surface area contributed by atoms with Crippen molar-refractivity contribution in [3.8, 4) is 0 Å². The molecule has 2 aromatic carbocycles. The molecular formula is C22H23FN2O2S. The van der Waals surface area contributed by atoms with Crippen LogP contribution in [0.4, 0.5) is 4.39 Å². The van der Waals surface area contributed by atoms with Crippen molar-refractivity contribution < 1.29 is 14.0 Å². The van der Waals surface area contributed by atoms with Gasteiger partial charge in [-0.25, -0.2) is 4.39 Å². The Hall–Kier alpha value is -2.34. The van der Waals surface area contributed by atoms with E-state index < -0.39 is 6.10 Å². The third kappa shape index (κ3) is 4.73. The van der Waals surface area contributed by atoms with E-state index in [-0.39, 0.29) is 11.7 Å². The van der Waals surface area contributed by atoms with Crippen molar-refractivity contribution in [3.63, 3.8) is 0 Å². The molecule has 0 saturated carbocycles. The lowest BCUT2D eigenvalue weighted by atomic mass is 10.0. The van der Waals surface area contributed by atoms with Gasteiger partial charge in [-0.1, -0.05) is 35.5 Å². The molecule has 146 valence electrons. The van der Waals surface area contributed by atoms with E-state index >= 15 is 0 Å². The Labute approximate surface area is 168 Å². The van der Waals surface area contributed by atoms with Crippen molar-refractivity contribution in [1.29, 1.82) is 0 Å². The van der Waals surface area contributed by atoms with Crippen LogP contribution < -0.4 is 0 Å². The predicted octanol–water partition coefficient (Wildman–Crippen LogP) is 4.30. The minimum Gasteiger partial charge on any atom is -0.382 e. The normalized spacial score (nSPS) is 20.0. The summed E-state index contributed by atoms with van der Waals surface area (Å²) in [5, 5.41) is 4.59. The second-order valence-corrected chi connectivity index (χ2v) is 8.59. The second-order valence-electron chi connectivity index (χ2n) is 7.21. The van der Waals surface area contributed by atoms with E-state index in [0.717, 1.165) is 43.0 Å². The number of thioether (sulfide) groups is 1. The molecule has 1 fully saturated rings. The van der Waals surface area contributed by atoms with Gasteiger partial charge in [-0.05, 0) is 42.7 Å². The van der Waals surface area contributed by atoms with Crippen molar-refractivity contribution in [2.24, 2.45) is 5.16 Å². The average Bonchev–Trinajstić information content (AvgIpc) is 3.19. The monoisotopic (exact) mass is 398 g/mol. The lowest BCUT2D eigenvalue weighted by Gasteiger charge is -2.32. The van der Waals surface area contributed by atoms with Gasteiger partial charge in [-0.2, -0.15) is 0 Å². The molecule has 1 amide bonds. The number of nitrogens with zero attached hydrogens (tertiary/aromatic N) is 2. The number of carbonyl (C=O) groups is 1. The summed E-state index contributed by atoms with van der Waals surface area (Å²) in [5.74, 6) is -0.174. The summed E-state index contributed by atoms with van der Waals surface area (Å²) in [6, 6.07) is 16.7. The summed E-state index contributed by atoms with van der Waals surface area (Å²) in [6.45, 7) is 1.46. The third-order valence-electron chi connectivity index (χ3n) is 5.13. The van der Waals surface area contributed by atoms with Crippen LogP contribution in [0, 0.1) is 5.82 Å². The predicted molar refractivity (Wildman–Crippen MR) is 109 cm³/mol. The number of hydrogen-bond donors (Lipinski definition) is 0. The van der Waals surface area contributed by atoms with E-state index in [9.17, 15) is 9.18 Å². The van der Waals surface area contributed by atoms with E-state index in [1.54, 1.807) is 11.8 Å². The molecule has 2 aliphatic rings. The van der Waals surface area contributed by atoms with Crippen molar-refractivity contribution in [1.82, 2.24) is 4.90 Å². The van der Waals surface area contributed by atoms with Crippen molar-refractivity contribution >= 4 is 23.4 Å².